The first-order valence-electron chi connectivity index (χ1n) is 3.60. The second-order valence-corrected chi connectivity index (χ2v) is 5.19. The molecule has 2 rings (SSSR count). The summed E-state index contributed by atoms with van der Waals surface area (Å²) in [4.78, 5) is 2.72. The fraction of sp³-hybridized carbons (Fsp3) is 0. The van der Waals surface area contributed by atoms with Crippen molar-refractivity contribution in [1.29, 1.82) is 0 Å². The molecule has 0 aliphatic heterocycles. The number of para-hydroxylation sites is 1. The first-order chi connectivity index (χ1) is 6.07. The van der Waals surface area contributed by atoms with Crippen molar-refractivity contribution in [2.45, 2.75) is 5.03 Å². The molecule has 3 nitrogen and oxygen atoms in total. The van der Waals surface area contributed by atoms with E-state index in [9.17, 15) is 8.42 Å². The molecule has 1 heterocycles. The SMILES string of the molecule is O=S(=O)(Cl)c1cc2ccccc2[nH]1. The van der Waals surface area contributed by atoms with Gasteiger partial charge in [0.25, 0.3) is 9.05 Å². The van der Waals surface area contributed by atoms with Crippen LogP contribution in [0.5, 0.6) is 0 Å². The van der Waals surface area contributed by atoms with E-state index in [4.69, 9.17) is 10.7 Å². The van der Waals surface area contributed by atoms with E-state index in [1.165, 1.54) is 6.07 Å². The Morgan fingerprint density at radius 2 is 1.92 bits per heavy atom. The smallest absolute Gasteiger partial charge is 0.276 e. The highest BCUT2D eigenvalue weighted by Crippen LogP contribution is 2.20. The van der Waals surface area contributed by atoms with Crippen LogP contribution in [0.25, 0.3) is 10.9 Å². The third-order valence-corrected chi connectivity index (χ3v) is 3.01. The van der Waals surface area contributed by atoms with E-state index in [0.29, 0.717) is 0 Å². The van der Waals surface area contributed by atoms with Crippen LogP contribution >= 0.6 is 10.7 Å². The number of aromatic nitrogens is 1. The third kappa shape index (κ3) is 1.55. The van der Waals surface area contributed by atoms with Crippen molar-refractivity contribution in [3.8, 4) is 0 Å². The molecule has 0 atom stereocenters. The van der Waals surface area contributed by atoms with Crippen molar-refractivity contribution in [2.75, 3.05) is 0 Å². The summed E-state index contributed by atoms with van der Waals surface area (Å²) in [5.74, 6) is 0. The molecule has 0 radical (unpaired) electrons. The Labute approximate surface area is 79.8 Å². The van der Waals surface area contributed by atoms with Gasteiger partial charge < -0.3 is 4.98 Å². The minimum absolute atomic E-state index is 0.0374. The van der Waals surface area contributed by atoms with Gasteiger partial charge in [-0.15, -0.1) is 0 Å². The average Bonchev–Trinajstić information content (AvgIpc) is 2.45. The van der Waals surface area contributed by atoms with Gasteiger partial charge in [0.2, 0.25) is 0 Å². The van der Waals surface area contributed by atoms with Crippen LogP contribution in [-0.4, -0.2) is 13.4 Å². The normalized spacial score (nSPS) is 12.1. The zero-order valence-corrected chi connectivity index (χ0v) is 8.06. The second-order valence-electron chi connectivity index (χ2n) is 2.66. The highest BCUT2D eigenvalue weighted by Gasteiger charge is 2.12. The first kappa shape index (κ1) is 8.59. The third-order valence-electron chi connectivity index (χ3n) is 1.77. The van der Waals surface area contributed by atoms with E-state index in [2.05, 4.69) is 4.98 Å². The van der Waals surface area contributed by atoms with Gasteiger partial charge in [0, 0.05) is 21.6 Å². The number of halogens is 1. The lowest BCUT2D eigenvalue weighted by Crippen LogP contribution is -1.88. The van der Waals surface area contributed by atoms with E-state index in [1.807, 2.05) is 18.2 Å². The lowest BCUT2D eigenvalue weighted by Gasteiger charge is -1.86. The number of H-pyrrole nitrogens is 1. The van der Waals surface area contributed by atoms with Gasteiger partial charge in [-0.1, -0.05) is 18.2 Å². The first-order valence-corrected chi connectivity index (χ1v) is 5.91. The number of hydrogen-bond acceptors (Lipinski definition) is 2. The summed E-state index contributed by atoms with van der Waals surface area (Å²) in [5, 5.41) is 0.872. The van der Waals surface area contributed by atoms with Crippen molar-refractivity contribution in [3.05, 3.63) is 30.3 Å². The molecule has 0 fully saturated rings. The molecule has 1 aromatic heterocycles. The molecular weight excluding hydrogens is 210 g/mol. The Hall–Kier alpha value is -1.00. The van der Waals surface area contributed by atoms with Crippen molar-refractivity contribution in [1.82, 2.24) is 4.98 Å². The summed E-state index contributed by atoms with van der Waals surface area (Å²) < 4.78 is 21.9. The van der Waals surface area contributed by atoms with Crippen LogP contribution in [0.4, 0.5) is 0 Å². The van der Waals surface area contributed by atoms with Gasteiger partial charge in [-0.3, -0.25) is 0 Å². The van der Waals surface area contributed by atoms with E-state index >= 15 is 0 Å². The lowest BCUT2D eigenvalue weighted by atomic mass is 10.3. The van der Waals surface area contributed by atoms with E-state index in [-0.39, 0.29) is 5.03 Å². The Kier molecular flexibility index (Phi) is 1.82. The van der Waals surface area contributed by atoms with Crippen LogP contribution in [0.2, 0.25) is 0 Å². The fourth-order valence-corrected chi connectivity index (χ4v) is 1.93. The van der Waals surface area contributed by atoms with Crippen molar-refractivity contribution in [3.63, 3.8) is 0 Å². The zero-order chi connectivity index (χ0) is 9.47. The van der Waals surface area contributed by atoms with Gasteiger partial charge >= 0.3 is 0 Å². The molecule has 0 aliphatic carbocycles. The maximum atomic E-state index is 10.9. The Morgan fingerprint density at radius 1 is 1.23 bits per heavy atom. The monoisotopic (exact) mass is 215 g/mol. The molecule has 68 valence electrons. The number of fused-ring (bicyclic) bond motifs is 1. The maximum absolute atomic E-state index is 10.9. The maximum Gasteiger partial charge on any atom is 0.276 e. The molecule has 5 heteroatoms. The summed E-state index contributed by atoms with van der Waals surface area (Å²) >= 11 is 0. The van der Waals surface area contributed by atoms with Crippen molar-refractivity contribution in [2.24, 2.45) is 0 Å². The summed E-state index contributed by atoms with van der Waals surface area (Å²) in [5.41, 5.74) is 0.765. The van der Waals surface area contributed by atoms with E-state index in [1.54, 1.807) is 6.07 Å². The standard InChI is InChI=1S/C8H6ClNO2S/c9-13(11,12)8-5-6-3-1-2-4-7(6)10-8/h1-5,10H. The topological polar surface area (TPSA) is 49.9 Å². The molecule has 1 N–H and O–H groups in total. The average molecular weight is 216 g/mol. The van der Waals surface area contributed by atoms with Gasteiger partial charge in [-0.05, 0) is 12.1 Å². The second kappa shape index (κ2) is 2.75. The number of benzene rings is 1. The van der Waals surface area contributed by atoms with E-state index < -0.39 is 9.05 Å². The molecule has 13 heavy (non-hydrogen) atoms. The van der Waals surface area contributed by atoms with Gasteiger partial charge in [0.05, 0.1) is 0 Å². The molecule has 0 saturated heterocycles. The number of nitrogens with one attached hydrogen (secondary N) is 1. The Morgan fingerprint density at radius 3 is 2.54 bits per heavy atom. The summed E-state index contributed by atoms with van der Waals surface area (Å²) in [6, 6.07) is 8.78. The molecule has 0 aliphatic rings. The minimum Gasteiger partial charge on any atom is -0.345 e. The molecule has 0 spiro atoms. The quantitative estimate of drug-likeness (QED) is 0.741. The molecule has 2 aromatic rings. The van der Waals surface area contributed by atoms with Gasteiger partial charge in [-0.25, -0.2) is 8.42 Å². The molecule has 0 amide bonds. The minimum atomic E-state index is -3.65. The predicted molar refractivity (Wildman–Crippen MR) is 51.3 cm³/mol. The Bertz CT molecular complexity index is 511. The summed E-state index contributed by atoms with van der Waals surface area (Å²) in [6.45, 7) is 0. The van der Waals surface area contributed by atoms with Crippen LogP contribution in [0.3, 0.4) is 0 Å². The summed E-state index contributed by atoms with van der Waals surface area (Å²) in [6.07, 6.45) is 0. The predicted octanol–water partition coefficient (Wildman–Crippen LogP) is 2.10. The number of hydrogen-bond donors (Lipinski definition) is 1. The van der Waals surface area contributed by atoms with Crippen molar-refractivity contribution >= 4 is 30.6 Å². The molecular formula is C8H6ClNO2S. The van der Waals surface area contributed by atoms with Crippen LogP contribution in [0.15, 0.2) is 35.4 Å². The fourth-order valence-electron chi connectivity index (χ4n) is 1.18. The lowest BCUT2D eigenvalue weighted by molar-refractivity contribution is 0.607. The zero-order valence-electron chi connectivity index (χ0n) is 6.49. The molecule has 0 unspecified atom stereocenters. The number of rotatable bonds is 1. The van der Waals surface area contributed by atoms with Crippen LogP contribution in [0.1, 0.15) is 0 Å². The van der Waals surface area contributed by atoms with Gasteiger partial charge in [-0.2, -0.15) is 0 Å². The Balaban J connectivity index is 2.77. The molecule has 0 bridgehead atoms. The highest BCUT2D eigenvalue weighted by molar-refractivity contribution is 8.13. The van der Waals surface area contributed by atoms with E-state index in [0.717, 1.165) is 10.9 Å². The van der Waals surface area contributed by atoms with Crippen LogP contribution < -0.4 is 0 Å². The highest BCUT2D eigenvalue weighted by atomic mass is 35.7. The van der Waals surface area contributed by atoms with Gasteiger partial charge in [0.1, 0.15) is 5.03 Å². The van der Waals surface area contributed by atoms with Crippen LogP contribution in [-0.2, 0) is 9.05 Å². The molecule has 1 aromatic carbocycles. The largest absolute Gasteiger partial charge is 0.345 e. The van der Waals surface area contributed by atoms with Gasteiger partial charge in [0.15, 0.2) is 0 Å². The molecule has 0 saturated carbocycles. The number of aromatic amines is 1. The summed E-state index contributed by atoms with van der Waals surface area (Å²) in [7, 11) is 1.52. The van der Waals surface area contributed by atoms with Crippen LogP contribution in [0, 0.1) is 0 Å². The van der Waals surface area contributed by atoms with Crippen molar-refractivity contribution < 1.29 is 8.42 Å².